The number of nitrogens with one attached hydrogen (secondary N) is 1. The Hall–Kier alpha value is -2.21. The van der Waals surface area contributed by atoms with Gasteiger partial charge in [0.05, 0.1) is 17.6 Å². The summed E-state index contributed by atoms with van der Waals surface area (Å²) in [6.07, 6.45) is 2.02. The van der Waals surface area contributed by atoms with E-state index in [4.69, 9.17) is 9.52 Å². The predicted molar refractivity (Wildman–Crippen MR) is 81.5 cm³/mol. The van der Waals surface area contributed by atoms with Gasteiger partial charge in [-0.2, -0.15) is 11.8 Å². The van der Waals surface area contributed by atoms with E-state index in [0.717, 1.165) is 11.5 Å². The fraction of sp³-hybridized carbons (Fsp3) is 0.200. The van der Waals surface area contributed by atoms with E-state index in [2.05, 4.69) is 5.32 Å². The molecule has 1 amide bonds. The van der Waals surface area contributed by atoms with E-state index in [9.17, 15) is 9.59 Å². The lowest BCUT2D eigenvalue weighted by Gasteiger charge is -2.05. The fourth-order valence-corrected chi connectivity index (χ4v) is 2.49. The van der Waals surface area contributed by atoms with Gasteiger partial charge in [-0.25, -0.2) is 4.79 Å². The van der Waals surface area contributed by atoms with Crippen LogP contribution in [0.1, 0.15) is 22.5 Å². The van der Waals surface area contributed by atoms with Crippen molar-refractivity contribution in [3.63, 3.8) is 0 Å². The van der Waals surface area contributed by atoms with Crippen LogP contribution in [0.3, 0.4) is 0 Å². The fourth-order valence-electron chi connectivity index (χ4n) is 1.65. The van der Waals surface area contributed by atoms with Crippen LogP contribution in [0.4, 0.5) is 5.69 Å². The third kappa shape index (κ3) is 5.00. The molecule has 0 aliphatic carbocycles. The average molecular weight is 305 g/mol. The Bertz CT molecular complexity index is 593. The molecule has 0 radical (unpaired) electrons. The summed E-state index contributed by atoms with van der Waals surface area (Å²) in [7, 11) is 0. The molecule has 0 spiro atoms. The Labute approximate surface area is 126 Å². The molecule has 21 heavy (non-hydrogen) atoms. The number of anilines is 1. The molecular weight excluding hydrogens is 290 g/mol. The van der Waals surface area contributed by atoms with Gasteiger partial charge in [0, 0.05) is 17.9 Å². The molecule has 0 aliphatic rings. The van der Waals surface area contributed by atoms with Crippen LogP contribution >= 0.6 is 11.8 Å². The number of hydrogen-bond donors (Lipinski definition) is 2. The van der Waals surface area contributed by atoms with Crippen LogP contribution in [0.25, 0.3) is 0 Å². The topological polar surface area (TPSA) is 79.5 Å². The zero-order valence-electron chi connectivity index (χ0n) is 11.2. The summed E-state index contributed by atoms with van der Waals surface area (Å²) < 4.78 is 5.20. The van der Waals surface area contributed by atoms with Crippen molar-refractivity contribution in [3.05, 3.63) is 54.0 Å². The van der Waals surface area contributed by atoms with Gasteiger partial charge >= 0.3 is 5.97 Å². The molecular formula is C15H15NO4S. The molecule has 6 heteroatoms. The first-order chi connectivity index (χ1) is 10.1. The number of hydrogen-bond acceptors (Lipinski definition) is 4. The van der Waals surface area contributed by atoms with Crippen LogP contribution in [0.5, 0.6) is 0 Å². The summed E-state index contributed by atoms with van der Waals surface area (Å²) in [5, 5.41) is 11.5. The van der Waals surface area contributed by atoms with Crippen molar-refractivity contribution in [2.24, 2.45) is 0 Å². The summed E-state index contributed by atoms with van der Waals surface area (Å²) in [5.74, 6) is 1.25. The third-order valence-electron chi connectivity index (χ3n) is 2.71. The number of aromatic carboxylic acids is 1. The zero-order valence-corrected chi connectivity index (χ0v) is 12.1. The minimum Gasteiger partial charge on any atom is -0.478 e. The molecule has 0 aliphatic heterocycles. The predicted octanol–water partition coefficient (Wildman–Crippen LogP) is 3.24. The van der Waals surface area contributed by atoms with Crippen molar-refractivity contribution in [2.45, 2.75) is 12.2 Å². The lowest BCUT2D eigenvalue weighted by molar-refractivity contribution is -0.115. The highest BCUT2D eigenvalue weighted by Gasteiger charge is 2.05. The Kier molecular flexibility index (Phi) is 5.45. The minimum atomic E-state index is -0.984. The molecule has 2 aromatic rings. The molecule has 0 saturated heterocycles. The van der Waals surface area contributed by atoms with E-state index in [1.54, 1.807) is 30.2 Å². The average Bonchev–Trinajstić information content (AvgIpc) is 2.97. The first-order valence-electron chi connectivity index (χ1n) is 6.38. The molecule has 0 atom stereocenters. The van der Waals surface area contributed by atoms with Crippen LogP contribution in [0, 0.1) is 0 Å². The normalized spacial score (nSPS) is 10.3. The number of carbonyl (C=O) groups is 2. The molecule has 5 nitrogen and oxygen atoms in total. The van der Waals surface area contributed by atoms with Crippen molar-refractivity contribution in [2.75, 3.05) is 11.1 Å². The van der Waals surface area contributed by atoms with Crippen molar-refractivity contribution < 1.29 is 19.1 Å². The van der Waals surface area contributed by atoms with Gasteiger partial charge in [-0.15, -0.1) is 0 Å². The van der Waals surface area contributed by atoms with E-state index in [1.807, 2.05) is 12.1 Å². The van der Waals surface area contributed by atoms with Crippen LogP contribution < -0.4 is 5.32 Å². The van der Waals surface area contributed by atoms with Crippen molar-refractivity contribution >= 4 is 29.3 Å². The van der Waals surface area contributed by atoms with Gasteiger partial charge in [0.2, 0.25) is 5.91 Å². The maximum atomic E-state index is 11.7. The summed E-state index contributed by atoms with van der Waals surface area (Å²) in [6.45, 7) is 0. The van der Waals surface area contributed by atoms with Crippen LogP contribution in [-0.4, -0.2) is 22.7 Å². The lowest BCUT2D eigenvalue weighted by Crippen LogP contribution is -2.12. The summed E-state index contributed by atoms with van der Waals surface area (Å²) in [6, 6.07) is 9.82. The number of thioether (sulfide) groups is 1. The van der Waals surface area contributed by atoms with Crippen LogP contribution in [0.2, 0.25) is 0 Å². The molecule has 0 bridgehead atoms. The summed E-state index contributed by atoms with van der Waals surface area (Å²) >= 11 is 1.62. The van der Waals surface area contributed by atoms with E-state index in [0.29, 0.717) is 17.9 Å². The maximum Gasteiger partial charge on any atom is 0.335 e. The highest BCUT2D eigenvalue weighted by atomic mass is 32.2. The quantitative estimate of drug-likeness (QED) is 0.768. The van der Waals surface area contributed by atoms with Gasteiger partial charge in [-0.1, -0.05) is 0 Å². The second-order valence-corrected chi connectivity index (χ2v) is 5.42. The highest BCUT2D eigenvalue weighted by Crippen LogP contribution is 2.14. The molecule has 0 unspecified atom stereocenters. The third-order valence-corrected chi connectivity index (χ3v) is 3.69. The van der Waals surface area contributed by atoms with Crippen molar-refractivity contribution in [3.8, 4) is 0 Å². The number of carboxylic acids is 1. The minimum absolute atomic E-state index is 0.0926. The van der Waals surface area contributed by atoms with Crippen LogP contribution in [0.15, 0.2) is 47.1 Å². The Morgan fingerprint density at radius 3 is 2.57 bits per heavy atom. The van der Waals surface area contributed by atoms with Gasteiger partial charge in [-0.3, -0.25) is 4.79 Å². The summed E-state index contributed by atoms with van der Waals surface area (Å²) in [5.41, 5.74) is 0.794. The molecule has 110 valence electrons. The van der Waals surface area contributed by atoms with E-state index < -0.39 is 5.97 Å². The molecule has 0 saturated carbocycles. The molecule has 0 fully saturated rings. The first kappa shape index (κ1) is 15.2. The van der Waals surface area contributed by atoms with Gasteiger partial charge in [0.15, 0.2) is 0 Å². The number of amides is 1. The van der Waals surface area contributed by atoms with Gasteiger partial charge < -0.3 is 14.8 Å². The number of furan rings is 1. The largest absolute Gasteiger partial charge is 0.478 e. The Morgan fingerprint density at radius 1 is 1.19 bits per heavy atom. The van der Waals surface area contributed by atoms with E-state index in [1.165, 1.54) is 12.1 Å². The molecule has 1 aromatic heterocycles. The second-order valence-electron chi connectivity index (χ2n) is 4.31. The first-order valence-corrected chi connectivity index (χ1v) is 7.54. The van der Waals surface area contributed by atoms with E-state index >= 15 is 0 Å². The molecule has 1 heterocycles. The summed E-state index contributed by atoms with van der Waals surface area (Å²) in [4.78, 5) is 22.4. The van der Waals surface area contributed by atoms with Crippen molar-refractivity contribution in [1.29, 1.82) is 0 Å². The number of rotatable bonds is 7. The molecule has 2 rings (SSSR count). The smallest absolute Gasteiger partial charge is 0.335 e. The number of benzene rings is 1. The zero-order chi connectivity index (χ0) is 15.1. The van der Waals surface area contributed by atoms with Gasteiger partial charge in [0.25, 0.3) is 0 Å². The maximum absolute atomic E-state index is 11.7. The van der Waals surface area contributed by atoms with Crippen molar-refractivity contribution in [1.82, 2.24) is 0 Å². The monoisotopic (exact) mass is 305 g/mol. The van der Waals surface area contributed by atoms with Crippen LogP contribution in [-0.2, 0) is 10.5 Å². The second kappa shape index (κ2) is 7.54. The Balaban J connectivity index is 1.70. The SMILES string of the molecule is O=C(CCSCc1ccco1)Nc1ccc(C(=O)O)cc1. The van der Waals surface area contributed by atoms with Gasteiger partial charge in [0.1, 0.15) is 5.76 Å². The van der Waals surface area contributed by atoms with E-state index in [-0.39, 0.29) is 11.5 Å². The van der Waals surface area contributed by atoms with Gasteiger partial charge in [-0.05, 0) is 36.4 Å². The number of carboxylic acid groups (broad SMARTS) is 1. The molecule has 1 aromatic carbocycles. The number of carbonyl (C=O) groups excluding carboxylic acids is 1. The lowest BCUT2D eigenvalue weighted by atomic mass is 10.2. The molecule has 2 N–H and O–H groups in total. The standard InChI is InChI=1S/C15H15NO4S/c17-14(7-9-21-10-13-2-1-8-20-13)16-12-5-3-11(4-6-12)15(18)19/h1-6,8H,7,9-10H2,(H,16,17)(H,18,19). The highest BCUT2D eigenvalue weighted by molar-refractivity contribution is 7.98. The Morgan fingerprint density at radius 2 is 1.95 bits per heavy atom.